The summed E-state index contributed by atoms with van der Waals surface area (Å²) in [6.07, 6.45) is 3.17. The molecule has 10 nitrogen and oxygen atoms in total. The molecule has 11 heteroatoms. The second-order valence-electron chi connectivity index (χ2n) is 9.92. The van der Waals surface area contributed by atoms with Crippen molar-refractivity contribution in [1.29, 1.82) is 0 Å². The molecule has 4 rings (SSSR count). The van der Waals surface area contributed by atoms with Crippen molar-refractivity contribution in [3.05, 3.63) is 58.1 Å². The van der Waals surface area contributed by atoms with Gasteiger partial charge in [0.1, 0.15) is 12.1 Å². The Morgan fingerprint density at radius 3 is 2.46 bits per heavy atom. The van der Waals surface area contributed by atoms with Crippen molar-refractivity contribution >= 4 is 52.5 Å². The fraction of sp³-hybridized carbons (Fsp3) is 0.393. The summed E-state index contributed by atoms with van der Waals surface area (Å²) in [5, 5.41) is 5.80. The van der Waals surface area contributed by atoms with Crippen LogP contribution in [-0.2, 0) is 43.2 Å². The minimum Gasteiger partial charge on any atom is -0.370 e. The predicted molar refractivity (Wildman–Crippen MR) is 147 cm³/mol. The molecule has 0 saturated carbocycles. The molecule has 2 aliphatic heterocycles. The Balaban J connectivity index is 1.51. The van der Waals surface area contributed by atoms with E-state index in [0.717, 1.165) is 28.8 Å². The number of hydrogen-bond acceptors (Lipinski definition) is 5. The maximum atomic E-state index is 13.5. The van der Waals surface area contributed by atoms with Crippen molar-refractivity contribution < 1.29 is 24.0 Å². The van der Waals surface area contributed by atoms with E-state index >= 15 is 0 Å². The second-order valence-corrected chi connectivity index (χ2v) is 10.3. The zero-order valence-electron chi connectivity index (χ0n) is 21.5. The van der Waals surface area contributed by atoms with E-state index in [2.05, 4.69) is 10.6 Å². The van der Waals surface area contributed by atoms with Crippen LogP contribution in [0.5, 0.6) is 0 Å². The number of nitrogens with two attached hydrogens (primary N) is 2. The first-order valence-electron chi connectivity index (χ1n) is 13.0. The van der Waals surface area contributed by atoms with E-state index in [-0.39, 0.29) is 25.2 Å². The highest BCUT2D eigenvalue weighted by molar-refractivity contribution is 6.34. The summed E-state index contributed by atoms with van der Waals surface area (Å²) in [6, 6.07) is 9.05. The maximum absolute atomic E-state index is 13.5. The van der Waals surface area contributed by atoms with E-state index in [0.29, 0.717) is 42.8 Å². The van der Waals surface area contributed by atoms with E-state index < -0.39 is 35.7 Å². The Hall–Kier alpha value is -3.92. The van der Waals surface area contributed by atoms with Crippen LogP contribution in [0.2, 0.25) is 5.02 Å². The highest BCUT2D eigenvalue weighted by atomic mass is 35.5. The summed E-state index contributed by atoms with van der Waals surface area (Å²) in [6.45, 7) is 0. The van der Waals surface area contributed by atoms with E-state index in [1.807, 2.05) is 18.2 Å². The van der Waals surface area contributed by atoms with Crippen molar-refractivity contribution in [1.82, 2.24) is 5.32 Å². The lowest BCUT2D eigenvalue weighted by molar-refractivity contribution is -0.129. The molecule has 6 N–H and O–H groups in total. The highest BCUT2D eigenvalue weighted by Gasteiger charge is 2.41. The summed E-state index contributed by atoms with van der Waals surface area (Å²) < 4.78 is 0. The zero-order chi connectivity index (χ0) is 28.1. The summed E-state index contributed by atoms with van der Waals surface area (Å²) in [4.78, 5) is 63.9. The lowest BCUT2D eigenvalue weighted by Crippen LogP contribution is -2.53. The minimum atomic E-state index is -1.09. The first-order valence-corrected chi connectivity index (χ1v) is 13.4. The summed E-state index contributed by atoms with van der Waals surface area (Å²) in [7, 11) is 0. The monoisotopic (exact) mass is 553 g/mol. The molecule has 2 aromatic carbocycles. The van der Waals surface area contributed by atoms with Crippen LogP contribution in [-0.4, -0.2) is 41.6 Å². The smallest absolute Gasteiger partial charge is 0.247 e. The van der Waals surface area contributed by atoms with Crippen LogP contribution >= 0.6 is 11.6 Å². The van der Waals surface area contributed by atoms with Crippen LogP contribution in [0, 0.1) is 0 Å². The number of benzene rings is 2. The number of nitrogens with zero attached hydrogens (tertiary/aromatic N) is 1. The van der Waals surface area contributed by atoms with Crippen molar-refractivity contribution in [3.8, 4) is 0 Å². The number of hydrogen-bond donors (Lipinski definition) is 4. The molecular formula is C28H32ClN5O5. The van der Waals surface area contributed by atoms with Crippen LogP contribution in [0.4, 0.5) is 11.4 Å². The number of carbonyl (C=O) groups excluding carboxylic acids is 5. The largest absolute Gasteiger partial charge is 0.370 e. The molecule has 2 atom stereocenters. The van der Waals surface area contributed by atoms with E-state index in [1.54, 1.807) is 23.1 Å². The molecule has 5 amide bonds. The molecule has 0 radical (unpaired) electrons. The summed E-state index contributed by atoms with van der Waals surface area (Å²) in [5.74, 6) is -2.20. The first-order chi connectivity index (χ1) is 18.7. The summed E-state index contributed by atoms with van der Waals surface area (Å²) >= 11 is 6.52. The van der Waals surface area contributed by atoms with Crippen LogP contribution in [0.25, 0.3) is 0 Å². The van der Waals surface area contributed by atoms with Crippen molar-refractivity contribution in [2.75, 3.05) is 10.2 Å². The number of primary amides is 2. The van der Waals surface area contributed by atoms with E-state index in [9.17, 15) is 24.0 Å². The lowest BCUT2D eigenvalue weighted by Gasteiger charge is -2.27. The second kappa shape index (κ2) is 12.3. The minimum absolute atomic E-state index is 0.0261. The van der Waals surface area contributed by atoms with Crippen LogP contribution in [0.1, 0.15) is 55.2 Å². The third-order valence-corrected chi connectivity index (χ3v) is 7.54. The normalized spacial score (nSPS) is 16.7. The Morgan fingerprint density at radius 1 is 1.00 bits per heavy atom. The number of nitrogens with one attached hydrogen (secondary N) is 2. The number of aryl methyl sites for hydroxylation is 2. The van der Waals surface area contributed by atoms with Crippen molar-refractivity contribution in [2.24, 2.45) is 11.5 Å². The number of halogens is 1. The molecule has 0 saturated heterocycles. The van der Waals surface area contributed by atoms with Gasteiger partial charge in [0.05, 0.1) is 16.4 Å². The Labute approximate surface area is 231 Å². The fourth-order valence-electron chi connectivity index (χ4n) is 5.20. The van der Waals surface area contributed by atoms with Gasteiger partial charge in [-0.25, -0.2) is 0 Å². The molecule has 1 unspecified atom stereocenters. The predicted octanol–water partition coefficient (Wildman–Crippen LogP) is 2.13. The van der Waals surface area contributed by atoms with Gasteiger partial charge >= 0.3 is 0 Å². The standard InChI is InChI=1S/C28H32ClN5O5/c29-25-16(6-3-11-22(30)35)5-2-10-19(25)32-27(38)20(13-14-23(31)36)33-28(39)21-15-18-9-1-7-17-8-4-12-24(37)34(21)26(17)18/h1-2,5,7,9-10,20-21H,3-4,6,8,11-15H2,(H2,30,35)(H2,31,36)(H,32,38)(H,33,39)/t20?,21-/m0/s1. The molecule has 2 aliphatic rings. The molecule has 0 aromatic heterocycles. The van der Waals surface area contributed by atoms with Crippen LogP contribution in [0.15, 0.2) is 36.4 Å². The fourth-order valence-corrected chi connectivity index (χ4v) is 5.47. The third kappa shape index (κ3) is 6.57. The molecule has 2 heterocycles. The number of para-hydroxylation sites is 1. The van der Waals surface area contributed by atoms with Gasteiger partial charge in [-0.05, 0) is 54.9 Å². The average molecular weight is 554 g/mol. The Kier molecular flexibility index (Phi) is 8.86. The quantitative estimate of drug-likeness (QED) is 0.334. The van der Waals surface area contributed by atoms with Gasteiger partial charge in [0.2, 0.25) is 29.5 Å². The SMILES string of the molecule is NC(=O)CCCc1cccc(NC(=O)C(CCC(N)=O)NC(=O)[C@@H]2Cc3cccc4c3N2C(=O)CCC4)c1Cl. The van der Waals surface area contributed by atoms with Gasteiger partial charge in [0.15, 0.2) is 0 Å². The molecule has 2 aromatic rings. The third-order valence-electron chi connectivity index (χ3n) is 7.10. The van der Waals surface area contributed by atoms with Crippen LogP contribution < -0.4 is 27.0 Å². The number of carbonyl (C=O) groups is 5. The molecule has 0 aliphatic carbocycles. The Morgan fingerprint density at radius 2 is 1.72 bits per heavy atom. The topological polar surface area (TPSA) is 165 Å². The Bertz CT molecular complexity index is 1310. The molecule has 206 valence electrons. The first kappa shape index (κ1) is 28.1. The van der Waals surface area contributed by atoms with Gasteiger partial charge in [0, 0.05) is 25.7 Å². The van der Waals surface area contributed by atoms with Gasteiger partial charge in [-0.1, -0.05) is 41.9 Å². The number of amides is 5. The van der Waals surface area contributed by atoms with Crippen LogP contribution in [0.3, 0.4) is 0 Å². The average Bonchev–Trinajstić information content (AvgIpc) is 3.20. The van der Waals surface area contributed by atoms with Gasteiger partial charge in [-0.3, -0.25) is 28.9 Å². The van der Waals surface area contributed by atoms with Gasteiger partial charge in [-0.2, -0.15) is 0 Å². The number of rotatable bonds is 11. The molecule has 0 spiro atoms. The van der Waals surface area contributed by atoms with E-state index in [4.69, 9.17) is 23.1 Å². The van der Waals surface area contributed by atoms with Gasteiger partial charge < -0.3 is 22.1 Å². The molecule has 0 bridgehead atoms. The molecular weight excluding hydrogens is 522 g/mol. The van der Waals surface area contributed by atoms with Gasteiger partial charge in [-0.15, -0.1) is 0 Å². The summed E-state index contributed by atoms with van der Waals surface area (Å²) in [5.41, 5.74) is 14.3. The highest BCUT2D eigenvalue weighted by Crippen LogP contribution is 2.39. The molecule has 39 heavy (non-hydrogen) atoms. The van der Waals surface area contributed by atoms with E-state index in [1.165, 1.54) is 0 Å². The maximum Gasteiger partial charge on any atom is 0.247 e. The number of anilines is 2. The van der Waals surface area contributed by atoms with Gasteiger partial charge in [0.25, 0.3) is 0 Å². The molecule has 0 fully saturated rings. The van der Waals surface area contributed by atoms with Crippen molar-refractivity contribution in [2.45, 2.75) is 69.9 Å². The zero-order valence-corrected chi connectivity index (χ0v) is 22.3. The van der Waals surface area contributed by atoms with Crippen molar-refractivity contribution in [3.63, 3.8) is 0 Å². The lowest BCUT2D eigenvalue weighted by atomic mass is 10.0.